The molecule has 1 atom stereocenters. The lowest BCUT2D eigenvalue weighted by Gasteiger charge is -2.13. The SMILES string of the molecule is Cc1cscc1C(=O)OC(C)Cn1cccn1. The molecule has 90 valence electrons. The first-order valence-electron chi connectivity index (χ1n) is 5.38. The average molecular weight is 250 g/mol. The molecule has 1 unspecified atom stereocenters. The smallest absolute Gasteiger partial charge is 0.339 e. The quantitative estimate of drug-likeness (QED) is 0.783. The molecular formula is C12H14N2O2S. The highest BCUT2D eigenvalue weighted by molar-refractivity contribution is 7.08. The van der Waals surface area contributed by atoms with Crippen LogP contribution in [-0.2, 0) is 11.3 Å². The minimum atomic E-state index is -0.261. The molecule has 2 aromatic rings. The van der Waals surface area contributed by atoms with Gasteiger partial charge in [0.2, 0.25) is 0 Å². The van der Waals surface area contributed by atoms with E-state index in [1.54, 1.807) is 10.9 Å². The lowest BCUT2D eigenvalue weighted by atomic mass is 10.2. The van der Waals surface area contributed by atoms with E-state index in [0.717, 1.165) is 5.56 Å². The van der Waals surface area contributed by atoms with Crippen LogP contribution in [-0.4, -0.2) is 21.9 Å². The van der Waals surface area contributed by atoms with Crippen molar-refractivity contribution >= 4 is 17.3 Å². The van der Waals surface area contributed by atoms with Crippen molar-refractivity contribution in [1.29, 1.82) is 0 Å². The van der Waals surface area contributed by atoms with Gasteiger partial charge in [0.15, 0.2) is 0 Å². The number of rotatable bonds is 4. The Bertz CT molecular complexity index is 490. The molecule has 0 saturated heterocycles. The summed E-state index contributed by atoms with van der Waals surface area (Å²) in [4.78, 5) is 11.8. The minimum Gasteiger partial charge on any atom is -0.457 e. The summed E-state index contributed by atoms with van der Waals surface area (Å²) in [5, 5.41) is 7.83. The third-order valence-electron chi connectivity index (χ3n) is 2.39. The molecule has 2 aromatic heterocycles. The molecule has 0 fully saturated rings. The molecule has 0 radical (unpaired) electrons. The van der Waals surface area contributed by atoms with Crippen LogP contribution in [0.4, 0.5) is 0 Å². The Labute approximate surface area is 104 Å². The van der Waals surface area contributed by atoms with Gasteiger partial charge in [0.1, 0.15) is 6.10 Å². The van der Waals surface area contributed by atoms with Gasteiger partial charge >= 0.3 is 5.97 Å². The van der Waals surface area contributed by atoms with Crippen LogP contribution in [0.1, 0.15) is 22.8 Å². The Morgan fingerprint density at radius 3 is 3.00 bits per heavy atom. The number of esters is 1. The molecule has 4 nitrogen and oxygen atoms in total. The molecule has 0 bridgehead atoms. The van der Waals surface area contributed by atoms with Crippen molar-refractivity contribution in [3.63, 3.8) is 0 Å². The molecule has 17 heavy (non-hydrogen) atoms. The highest BCUT2D eigenvalue weighted by atomic mass is 32.1. The summed E-state index contributed by atoms with van der Waals surface area (Å²) in [5.41, 5.74) is 1.62. The van der Waals surface area contributed by atoms with E-state index in [-0.39, 0.29) is 12.1 Å². The Morgan fingerprint density at radius 2 is 2.41 bits per heavy atom. The fraction of sp³-hybridized carbons (Fsp3) is 0.333. The molecule has 0 saturated carbocycles. The molecule has 0 N–H and O–H groups in total. The van der Waals surface area contributed by atoms with Gasteiger partial charge in [-0.25, -0.2) is 4.79 Å². The molecule has 0 aliphatic heterocycles. The second-order valence-electron chi connectivity index (χ2n) is 3.91. The van der Waals surface area contributed by atoms with E-state index in [0.29, 0.717) is 12.1 Å². The molecule has 0 aliphatic carbocycles. The summed E-state index contributed by atoms with van der Waals surface area (Å²) in [6.45, 7) is 4.34. The Kier molecular flexibility index (Phi) is 3.58. The van der Waals surface area contributed by atoms with E-state index in [4.69, 9.17) is 4.74 Å². The molecule has 0 aliphatic rings. The van der Waals surface area contributed by atoms with Crippen LogP contribution in [0.3, 0.4) is 0 Å². The Morgan fingerprint density at radius 1 is 1.59 bits per heavy atom. The lowest BCUT2D eigenvalue weighted by molar-refractivity contribution is 0.0298. The van der Waals surface area contributed by atoms with Gasteiger partial charge in [-0.3, -0.25) is 4.68 Å². The van der Waals surface area contributed by atoms with Gasteiger partial charge in [-0.15, -0.1) is 0 Å². The lowest BCUT2D eigenvalue weighted by Crippen LogP contribution is -2.21. The van der Waals surface area contributed by atoms with E-state index < -0.39 is 0 Å². The van der Waals surface area contributed by atoms with Crippen LogP contribution in [0.25, 0.3) is 0 Å². The van der Waals surface area contributed by atoms with Gasteiger partial charge in [0, 0.05) is 17.8 Å². The van der Waals surface area contributed by atoms with Crippen LogP contribution in [0.5, 0.6) is 0 Å². The number of aromatic nitrogens is 2. The number of hydrogen-bond donors (Lipinski definition) is 0. The maximum Gasteiger partial charge on any atom is 0.339 e. The summed E-state index contributed by atoms with van der Waals surface area (Å²) >= 11 is 1.51. The molecule has 5 heteroatoms. The summed E-state index contributed by atoms with van der Waals surface area (Å²) in [5.74, 6) is -0.261. The van der Waals surface area contributed by atoms with Crippen LogP contribution in [0.2, 0.25) is 0 Å². The number of carbonyl (C=O) groups excluding carboxylic acids is 1. The summed E-state index contributed by atoms with van der Waals surface area (Å²) in [7, 11) is 0. The first-order chi connectivity index (χ1) is 8.16. The summed E-state index contributed by atoms with van der Waals surface area (Å²) in [6, 6.07) is 1.84. The monoisotopic (exact) mass is 250 g/mol. The number of thiophene rings is 1. The molecular weight excluding hydrogens is 236 g/mol. The molecule has 0 amide bonds. The standard InChI is InChI=1S/C12H14N2O2S/c1-9-7-17-8-11(9)12(15)16-10(2)6-14-5-3-4-13-14/h3-5,7-8,10H,6H2,1-2H3. The third kappa shape index (κ3) is 2.94. The van der Waals surface area contributed by atoms with Crippen LogP contribution in [0, 0.1) is 6.92 Å². The maximum atomic E-state index is 11.8. The van der Waals surface area contributed by atoms with Crippen molar-refractivity contribution in [2.75, 3.05) is 0 Å². The Hall–Kier alpha value is -1.62. The van der Waals surface area contributed by atoms with Crippen molar-refractivity contribution in [1.82, 2.24) is 9.78 Å². The van der Waals surface area contributed by atoms with E-state index >= 15 is 0 Å². The van der Waals surface area contributed by atoms with Gasteiger partial charge in [-0.2, -0.15) is 16.4 Å². The third-order valence-corrected chi connectivity index (χ3v) is 3.25. The van der Waals surface area contributed by atoms with Crippen LogP contribution in [0.15, 0.2) is 29.2 Å². The molecule has 2 heterocycles. The van der Waals surface area contributed by atoms with E-state index in [9.17, 15) is 4.79 Å². The second-order valence-corrected chi connectivity index (χ2v) is 4.66. The van der Waals surface area contributed by atoms with Crippen molar-refractivity contribution in [2.45, 2.75) is 26.5 Å². The highest BCUT2D eigenvalue weighted by Crippen LogP contribution is 2.15. The van der Waals surface area contributed by atoms with Gasteiger partial charge < -0.3 is 4.74 Å². The predicted octanol–water partition coefficient (Wildman–Crippen LogP) is 2.50. The fourth-order valence-electron chi connectivity index (χ4n) is 1.53. The normalized spacial score (nSPS) is 12.4. The van der Waals surface area contributed by atoms with E-state index in [1.807, 2.05) is 36.9 Å². The maximum absolute atomic E-state index is 11.8. The van der Waals surface area contributed by atoms with Crippen molar-refractivity contribution in [3.05, 3.63) is 40.3 Å². The zero-order valence-corrected chi connectivity index (χ0v) is 10.6. The zero-order chi connectivity index (χ0) is 12.3. The first kappa shape index (κ1) is 11.9. The van der Waals surface area contributed by atoms with Crippen molar-refractivity contribution in [2.24, 2.45) is 0 Å². The number of hydrogen-bond acceptors (Lipinski definition) is 4. The molecule has 2 rings (SSSR count). The van der Waals surface area contributed by atoms with Crippen LogP contribution >= 0.6 is 11.3 Å². The summed E-state index contributed by atoms with van der Waals surface area (Å²) < 4.78 is 7.10. The number of aryl methyl sites for hydroxylation is 1. The number of ether oxygens (including phenoxy) is 1. The first-order valence-corrected chi connectivity index (χ1v) is 6.32. The van der Waals surface area contributed by atoms with Gasteiger partial charge in [0.25, 0.3) is 0 Å². The Balaban J connectivity index is 1.93. The van der Waals surface area contributed by atoms with Crippen LogP contribution < -0.4 is 0 Å². The second kappa shape index (κ2) is 5.14. The van der Waals surface area contributed by atoms with Crippen molar-refractivity contribution < 1.29 is 9.53 Å². The van der Waals surface area contributed by atoms with E-state index in [2.05, 4.69) is 5.10 Å². The number of nitrogens with zero attached hydrogens (tertiary/aromatic N) is 2. The number of carbonyl (C=O) groups is 1. The van der Waals surface area contributed by atoms with Gasteiger partial charge in [-0.1, -0.05) is 0 Å². The molecule has 0 aromatic carbocycles. The average Bonchev–Trinajstić information content (AvgIpc) is 2.88. The van der Waals surface area contributed by atoms with Gasteiger partial charge in [0.05, 0.1) is 12.1 Å². The topological polar surface area (TPSA) is 44.1 Å². The minimum absolute atomic E-state index is 0.193. The predicted molar refractivity (Wildman–Crippen MR) is 66.2 cm³/mol. The highest BCUT2D eigenvalue weighted by Gasteiger charge is 2.15. The van der Waals surface area contributed by atoms with Gasteiger partial charge in [-0.05, 0) is 30.9 Å². The largest absolute Gasteiger partial charge is 0.457 e. The van der Waals surface area contributed by atoms with E-state index in [1.165, 1.54) is 11.3 Å². The van der Waals surface area contributed by atoms with Crippen molar-refractivity contribution in [3.8, 4) is 0 Å². The molecule has 0 spiro atoms. The fourth-order valence-corrected chi connectivity index (χ4v) is 2.34. The zero-order valence-electron chi connectivity index (χ0n) is 9.79. The summed E-state index contributed by atoms with van der Waals surface area (Å²) in [6.07, 6.45) is 3.36.